The highest BCUT2D eigenvalue weighted by atomic mass is 16.5. The maximum absolute atomic E-state index is 13.0. The van der Waals surface area contributed by atoms with Gasteiger partial charge in [-0.15, -0.1) is 0 Å². The molecule has 3 aromatic rings. The lowest BCUT2D eigenvalue weighted by molar-refractivity contribution is 0.0813. The summed E-state index contributed by atoms with van der Waals surface area (Å²) in [5, 5.41) is 20.6. The van der Waals surface area contributed by atoms with Crippen LogP contribution >= 0.6 is 0 Å². The van der Waals surface area contributed by atoms with Gasteiger partial charge in [0.25, 0.3) is 0 Å². The number of carbonyl (C=O) groups excluding carboxylic acids is 2. The first-order chi connectivity index (χ1) is 16.3. The van der Waals surface area contributed by atoms with Gasteiger partial charge in [0.2, 0.25) is 11.6 Å². The summed E-state index contributed by atoms with van der Waals surface area (Å²) in [6.45, 7) is 0. The van der Waals surface area contributed by atoms with Crippen LogP contribution in [0.15, 0.2) is 48.5 Å². The molecule has 0 aliphatic carbocycles. The number of phenols is 2. The smallest absolute Gasteiger partial charge is 0.237 e. The third-order valence-corrected chi connectivity index (χ3v) is 5.46. The Kier molecular flexibility index (Phi) is 7.63. The topological polar surface area (TPSA) is 112 Å². The van der Waals surface area contributed by atoms with Crippen molar-refractivity contribution in [2.24, 2.45) is 0 Å². The van der Waals surface area contributed by atoms with Crippen molar-refractivity contribution in [3.05, 3.63) is 70.8 Å². The number of aromatic hydroxyl groups is 2. The van der Waals surface area contributed by atoms with E-state index in [0.29, 0.717) is 35.7 Å². The summed E-state index contributed by atoms with van der Waals surface area (Å²) in [6.07, 6.45) is 0.800. The second-order valence-electron chi connectivity index (χ2n) is 7.40. The van der Waals surface area contributed by atoms with Crippen molar-refractivity contribution in [1.82, 2.24) is 0 Å². The van der Waals surface area contributed by atoms with Gasteiger partial charge in [-0.1, -0.05) is 6.07 Å². The fourth-order valence-electron chi connectivity index (χ4n) is 3.56. The maximum Gasteiger partial charge on any atom is 0.237 e. The highest BCUT2D eigenvalue weighted by molar-refractivity contribution is 6.50. The minimum absolute atomic E-state index is 0.0327. The monoisotopic (exact) mass is 466 g/mol. The number of carbonyl (C=O) groups is 2. The van der Waals surface area contributed by atoms with Gasteiger partial charge in [0.15, 0.2) is 0 Å². The van der Waals surface area contributed by atoms with Crippen LogP contribution in [0.3, 0.4) is 0 Å². The van der Waals surface area contributed by atoms with Crippen LogP contribution in [0.2, 0.25) is 0 Å². The molecule has 0 radical (unpaired) electrons. The first-order valence-corrected chi connectivity index (χ1v) is 10.4. The van der Waals surface area contributed by atoms with E-state index in [0.717, 1.165) is 11.6 Å². The molecule has 0 aliphatic heterocycles. The molecule has 3 aromatic carbocycles. The number of methoxy groups -OCH3 is 4. The average molecular weight is 466 g/mol. The van der Waals surface area contributed by atoms with Crippen molar-refractivity contribution in [2.45, 2.75) is 12.8 Å². The zero-order chi connectivity index (χ0) is 24.8. The molecule has 0 fully saturated rings. The van der Waals surface area contributed by atoms with Gasteiger partial charge in [-0.05, 0) is 48.2 Å². The van der Waals surface area contributed by atoms with E-state index in [2.05, 4.69) is 0 Å². The van der Waals surface area contributed by atoms with E-state index in [1.165, 1.54) is 38.5 Å². The number of hydrogen-bond donors (Lipinski definition) is 2. The van der Waals surface area contributed by atoms with Gasteiger partial charge in [-0.2, -0.15) is 0 Å². The van der Waals surface area contributed by atoms with Crippen molar-refractivity contribution in [3.8, 4) is 34.5 Å². The van der Waals surface area contributed by atoms with Gasteiger partial charge in [0.05, 0.1) is 39.6 Å². The number of phenolic OH excluding ortho intramolecular Hbond substituents is 2. The molecule has 0 atom stereocenters. The van der Waals surface area contributed by atoms with E-state index in [-0.39, 0.29) is 22.6 Å². The average Bonchev–Trinajstić information content (AvgIpc) is 2.86. The molecule has 8 heteroatoms. The van der Waals surface area contributed by atoms with E-state index in [1.807, 2.05) is 6.07 Å². The summed E-state index contributed by atoms with van der Waals surface area (Å²) < 4.78 is 20.9. The van der Waals surface area contributed by atoms with Crippen LogP contribution < -0.4 is 18.9 Å². The van der Waals surface area contributed by atoms with Crippen LogP contribution in [-0.2, 0) is 12.8 Å². The summed E-state index contributed by atoms with van der Waals surface area (Å²) in [7, 11) is 5.95. The summed E-state index contributed by atoms with van der Waals surface area (Å²) in [5.41, 5.74) is 1.08. The predicted octanol–water partition coefficient (Wildman–Crippen LogP) is 3.98. The molecule has 34 heavy (non-hydrogen) atoms. The molecule has 0 unspecified atom stereocenters. The lowest BCUT2D eigenvalue weighted by Gasteiger charge is -2.13. The molecule has 0 saturated heterocycles. The summed E-state index contributed by atoms with van der Waals surface area (Å²) in [5.74, 6) is -0.561. The molecular weight excluding hydrogens is 440 g/mol. The van der Waals surface area contributed by atoms with Crippen molar-refractivity contribution >= 4 is 11.6 Å². The highest BCUT2D eigenvalue weighted by Crippen LogP contribution is 2.32. The first kappa shape index (κ1) is 24.4. The van der Waals surface area contributed by atoms with Gasteiger partial charge in [0, 0.05) is 18.2 Å². The summed E-state index contributed by atoms with van der Waals surface area (Å²) in [6, 6.07) is 12.2. The highest BCUT2D eigenvalue weighted by Gasteiger charge is 2.26. The van der Waals surface area contributed by atoms with Gasteiger partial charge >= 0.3 is 0 Å². The van der Waals surface area contributed by atoms with Gasteiger partial charge < -0.3 is 29.2 Å². The third-order valence-electron chi connectivity index (χ3n) is 5.46. The summed E-state index contributed by atoms with van der Waals surface area (Å²) >= 11 is 0. The lowest BCUT2D eigenvalue weighted by atomic mass is 9.95. The Bertz CT molecular complexity index is 1220. The molecule has 0 spiro atoms. The molecule has 3 rings (SSSR count). The number of hydrogen-bond acceptors (Lipinski definition) is 8. The van der Waals surface area contributed by atoms with Crippen molar-refractivity contribution in [1.29, 1.82) is 0 Å². The van der Waals surface area contributed by atoms with Crippen LogP contribution in [0.25, 0.3) is 0 Å². The molecule has 178 valence electrons. The normalized spacial score (nSPS) is 10.5. The van der Waals surface area contributed by atoms with E-state index in [9.17, 15) is 19.8 Å². The molecule has 8 nitrogen and oxygen atoms in total. The van der Waals surface area contributed by atoms with Gasteiger partial charge in [-0.3, -0.25) is 9.59 Å². The zero-order valence-corrected chi connectivity index (χ0v) is 19.4. The van der Waals surface area contributed by atoms with Crippen LogP contribution in [-0.4, -0.2) is 50.2 Å². The number of benzene rings is 3. The van der Waals surface area contributed by atoms with Crippen molar-refractivity contribution < 1.29 is 38.7 Å². The lowest BCUT2D eigenvalue weighted by Crippen LogP contribution is -2.16. The van der Waals surface area contributed by atoms with Crippen molar-refractivity contribution in [3.63, 3.8) is 0 Å². The van der Waals surface area contributed by atoms with E-state index in [1.54, 1.807) is 26.4 Å². The molecule has 0 saturated carbocycles. The van der Waals surface area contributed by atoms with E-state index < -0.39 is 17.3 Å². The maximum atomic E-state index is 13.0. The Balaban J connectivity index is 1.88. The Labute approximate surface area is 197 Å². The quantitative estimate of drug-likeness (QED) is 0.341. The Hall–Kier alpha value is -4.20. The van der Waals surface area contributed by atoms with Crippen LogP contribution in [0, 0.1) is 0 Å². The Morgan fingerprint density at radius 1 is 0.618 bits per heavy atom. The van der Waals surface area contributed by atoms with E-state index >= 15 is 0 Å². The van der Waals surface area contributed by atoms with Crippen LogP contribution in [0.5, 0.6) is 34.5 Å². The largest absolute Gasteiger partial charge is 0.508 e. The third kappa shape index (κ3) is 5.06. The molecule has 0 aromatic heterocycles. The minimum Gasteiger partial charge on any atom is -0.508 e. The SMILES string of the molecule is COc1ccc(CCc2cc(C(=O)C(=O)c3ccc(OC)cc3OC)c(O)cc2O)c(OC)c1. The fraction of sp³-hybridized carbons (Fsp3) is 0.231. The first-order valence-electron chi connectivity index (χ1n) is 10.4. The second-order valence-corrected chi connectivity index (χ2v) is 7.40. The van der Waals surface area contributed by atoms with Crippen LogP contribution in [0.4, 0.5) is 0 Å². The number of Topliss-reactive ketones (excluding diaryl/α,β-unsaturated/α-hetero) is 2. The fourth-order valence-corrected chi connectivity index (χ4v) is 3.56. The van der Waals surface area contributed by atoms with Crippen molar-refractivity contribution in [2.75, 3.05) is 28.4 Å². The molecule has 0 aliphatic rings. The molecule has 2 N–H and O–H groups in total. The number of rotatable bonds is 10. The van der Waals surface area contributed by atoms with Gasteiger partial charge in [0.1, 0.15) is 34.5 Å². The molecule has 0 bridgehead atoms. The molecular formula is C26H26O8. The molecule has 0 amide bonds. The Morgan fingerprint density at radius 3 is 1.79 bits per heavy atom. The standard InChI is InChI=1S/C26H26O8/c1-31-17-8-7-15(23(12-17)33-3)5-6-16-11-20(22(28)14-21(16)27)26(30)25(29)19-10-9-18(32-2)13-24(19)34-4/h7-14,27-28H,5-6H2,1-4H3. The zero-order valence-electron chi connectivity index (χ0n) is 19.4. The van der Waals surface area contributed by atoms with E-state index in [4.69, 9.17) is 18.9 Å². The van der Waals surface area contributed by atoms with Gasteiger partial charge in [-0.25, -0.2) is 0 Å². The number of ketones is 2. The molecule has 0 heterocycles. The predicted molar refractivity (Wildman–Crippen MR) is 125 cm³/mol. The summed E-state index contributed by atoms with van der Waals surface area (Å²) in [4.78, 5) is 25.9. The van der Waals surface area contributed by atoms with Crippen LogP contribution in [0.1, 0.15) is 31.8 Å². The number of aryl methyl sites for hydroxylation is 2. The number of ether oxygens (including phenoxy) is 4. The second kappa shape index (κ2) is 10.6. The minimum atomic E-state index is -0.927. The Morgan fingerprint density at radius 2 is 1.18 bits per heavy atom.